The van der Waals surface area contributed by atoms with Crippen LogP contribution in [0.3, 0.4) is 0 Å². The van der Waals surface area contributed by atoms with Gasteiger partial charge in [-0.2, -0.15) is 0 Å². The molecule has 0 bridgehead atoms. The first-order valence-corrected chi connectivity index (χ1v) is 10.2. The number of amidine groups is 1. The molecule has 0 saturated carbocycles. The first-order chi connectivity index (χ1) is 14.9. The first-order valence-electron chi connectivity index (χ1n) is 9.33. The van der Waals surface area contributed by atoms with E-state index in [0.717, 1.165) is 11.8 Å². The third-order valence-corrected chi connectivity index (χ3v) is 5.37. The number of nitrogens with zero attached hydrogens (tertiary/aromatic N) is 1. The quantitative estimate of drug-likeness (QED) is 0.512. The molecule has 0 aromatic heterocycles. The molecular formula is C22H22N2O6S. The molecule has 1 saturated heterocycles. The molecule has 0 aliphatic carbocycles. The van der Waals surface area contributed by atoms with Crippen molar-refractivity contribution in [1.29, 1.82) is 5.41 Å². The Morgan fingerprint density at radius 1 is 1.03 bits per heavy atom. The van der Waals surface area contributed by atoms with Crippen LogP contribution in [0.25, 0.3) is 6.08 Å². The maximum atomic E-state index is 13.0. The molecule has 1 fully saturated rings. The Hall–Kier alpha value is -3.46. The van der Waals surface area contributed by atoms with Gasteiger partial charge in [0.1, 0.15) is 0 Å². The highest BCUT2D eigenvalue weighted by atomic mass is 32.2. The Morgan fingerprint density at radius 3 is 2.29 bits per heavy atom. The van der Waals surface area contributed by atoms with E-state index in [1.165, 1.54) is 26.2 Å². The number of amides is 1. The number of ether oxygens (including phenoxy) is 4. The van der Waals surface area contributed by atoms with Gasteiger partial charge < -0.3 is 18.9 Å². The third-order valence-electron chi connectivity index (χ3n) is 4.48. The van der Waals surface area contributed by atoms with Crippen molar-refractivity contribution in [3.63, 3.8) is 0 Å². The maximum Gasteiger partial charge on any atom is 0.338 e. The largest absolute Gasteiger partial charge is 0.493 e. The predicted molar refractivity (Wildman–Crippen MR) is 119 cm³/mol. The summed E-state index contributed by atoms with van der Waals surface area (Å²) in [6.07, 6.45) is 1.65. The number of benzene rings is 2. The number of rotatable bonds is 7. The van der Waals surface area contributed by atoms with E-state index < -0.39 is 5.97 Å². The van der Waals surface area contributed by atoms with Crippen LogP contribution in [-0.2, 0) is 9.53 Å². The summed E-state index contributed by atoms with van der Waals surface area (Å²) in [5.41, 5.74) is 1.48. The number of esters is 1. The summed E-state index contributed by atoms with van der Waals surface area (Å²) >= 11 is 1.03. The van der Waals surface area contributed by atoms with Crippen LogP contribution in [0.5, 0.6) is 17.2 Å². The minimum Gasteiger partial charge on any atom is -0.493 e. The monoisotopic (exact) mass is 442 g/mol. The molecule has 162 valence electrons. The van der Waals surface area contributed by atoms with Crippen LogP contribution in [0.1, 0.15) is 22.8 Å². The summed E-state index contributed by atoms with van der Waals surface area (Å²) in [7, 11) is 4.53. The zero-order valence-electron chi connectivity index (χ0n) is 17.6. The zero-order chi connectivity index (χ0) is 22.5. The van der Waals surface area contributed by atoms with E-state index in [4.69, 9.17) is 24.4 Å². The van der Waals surface area contributed by atoms with Gasteiger partial charge in [0.25, 0.3) is 5.91 Å². The van der Waals surface area contributed by atoms with Gasteiger partial charge in [-0.15, -0.1) is 0 Å². The van der Waals surface area contributed by atoms with Crippen molar-refractivity contribution in [3.8, 4) is 17.2 Å². The highest BCUT2D eigenvalue weighted by molar-refractivity contribution is 8.19. The fourth-order valence-electron chi connectivity index (χ4n) is 3.06. The average molecular weight is 442 g/mol. The molecule has 0 unspecified atom stereocenters. The van der Waals surface area contributed by atoms with Crippen LogP contribution in [0.2, 0.25) is 0 Å². The van der Waals surface area contributed by atoms with Gasteiger partial charge in [-0.3, -0.25) is 15.1 Å². The van der Waals surface area contributed by atoms with E-state index in [2.05, 4.69) is 0 Å². The molecule has 31 heavy (non-hydrogen) atoms. The first kappa shape index (κ1) is 22.2. The van der Waals surface area contributed by atoms with Gasteiger partial charge in [-0.05, 0) is 61.2 Å². The van der Waals surface area contributed by atoms with E-state index in [0.29, 0.717) is 39.0 Å². The van der Waals surface area contributed by atoms with E-state index in [9.17, 15) is 9.59 Å². The molecule has 1 amide bonds. The van der Waals surface area contributed by atoms with Crippen molar-refractivity contribution in [2.75, 3.05) is 32.8 Å². The number of anilines is 1. The molecule has 3 rings (SSSR count). The summed E-state index contributed by atoms with van der Waals surface area (Å²) in [6.45, 7) is 2.01. The molecule has 1 aliphatic heterocycles. The van der Waals surface area contributed by atoms with Gasteiger partial charge in [0, 0.05) is 5.56 Å². The van der Waals surface area contributed by atoms with E-state index in [-0.39, 0.29) is 17.7 Å². The molecule has 2 aromatic rings. The second-order valence-corrected chi connectivity index (χ2v) is 7.28. The Balaban J connectivity index is 1.92. The number of hydrogen-bond acceptors (Lipinski definition) is 8. The molecule has 9 heteroatoms. The summed E-state index contributed by atoms with van der Waals surface area (Å²) in [5.74, 6) is 0.550. The van der Waals surface area contributed by atoms with Crippen molar-refractivity contribution in [2.45, 2.75) is 6.92 Å². The van der Waals surface area contributed by atoms with Crippen LogP contribution in [-0.4, -0.2) is 45.0 Å². The van der Waals surface area contributed by atoms with Crippen LogP contribution >= 0.6 is 11.8 Å². The highest BCUT2D eigenvalue weighted by Crippen LogP contribution is 2.42. The number of thioether (sulfide) groups is 1. The smallest absolute Gasteiger partial charge is 0.338 e. The molecule has 0 spiro atoms. The molecule has 2 aromatic carbocycles. The Labute approximate surface area is 184 Å². The molecular weight excluding hydrogens is 420 g/mol. The summed E-state index contributed by atoms with van der Waals surface area (Å²) in [4.78, 5) is 26.5. The standard InChI is InChI=1S/C22H22N2O6S/c1-5-30-21(26)13-6-9-15(10-7-13)24-20(25)17(31-22(24)23)12-14-8-11-16(27-2)19(29-4)18(14)28-3/h6-12,23H,5H2,1-4H3. The van der Waals surface area contributed by atoms with Crippen LogP contribution in [0, 0.1) is 5.41 Å². The van der Waals surface area contributed by atoms with Crippen LogP contribution in [0.4, 0.5) is 5.69 Å². The number of methoxy groups -OCH3 is 3. The van der Waals surface area contributed by atoms with Crippen molar-refractivity contribution < 1.29 is 28.5 Å². The van der Waals surface area contributed by atoms with Crippen molar-refractivity contribution in [3.05, 3.63) is 52.4 Å². The van der Waals surface area contributed by atoms with E-state index in [1.807, 2.05) is 0 Å². The molecule has 0 radical (unpaired) electrons. The lowest BCUT2D eigenvalue weighted by Gasteiger charge is -2.15. The Bertz CT molecular complexity index is 1050. The van der Waals surface area contributed by atoms with Gasteiger partial charge in [-0.1, -0.05) is 0 Å². The second kappa shape index (κ2) is 9.57. The Morgan fingerprint density at radius 2 is 1.71 bits per heavy atom. The van der Waals surface area contributed by atoms with Gasteiger partial charge in [-0.25, -0.2) is 4.79 Å². The van der Waals surface area contributed by atoms with Crippen molar-refractivity contribution in [2.24, 2.45) is 0 Å². The number of carbonyl (C=O) groups excluding carboxylic acids is 2. The predicted octanol–water partition coefficient (Wildman–Crippen LogP) is 3.94. The summed E-state index contributed by atoms with van der Waals surface area (Å²) in [5, 5.41) is 8.33. The molecule has 1 N–H and O–H groups in total. The topological polar surface area (TPSA) is 98.2 Å². The van der Waals surface area contributed by atoms with Gasteiger partial charge in [0.05, 0.1) is 44.1 Å². The number of hydrogen-bond donors (Lipinski definition) is 1. The fourth-order valence-corrected chi connectivity index (χ4v) is 3.91. The number of carbonyl (C=O) groups is 2. The lowest BCUT2D eigenvalue weighted by atomic mass is 10.1. The summed E-state index contributed by atoms with van der Waals surface area (Å²) in [6, 6.07) is 9.82. The lowest BCUT2D eigenvalue weighted by Crippen LogP contribution is -2.28. The van der Waals surface area contributed by atoms with Gasteiger partial charge in [0.2, 0.25) is 5.75 Å². The molecule has 1 aliphatic rings. The van der Waals surface area contributed by atoms with Crippen molar-refractivity contribution >= 4 is 40.6 Å². The third kappa shape index (κ3) is 4.36. The normalized spacial score (nSPS) is 14.7. The second-order valence-electron chi connectivity index (χ2n) is 6.25. The molecule has 0 atom stereocenters. The minimum absolute atomic E-state index is 0.0552. The Kier molecular flexibility index (Phi) is 6.86. The fraction of sp³-hybridized carbons (Fsp3) is 0.227. The van der Waals surface area contributed by atoms with Gasteiger partial charge in [0.15, 0.2) is 16.7 Å². The lowest BCUT2D eigenvalue weighted by molar-refractivity contribution is -0.113. The molecule has 1 heterocycles. The van der Waals surface area contributed by atoms with Crippen LogP contribution in [0.15, 0.2) is 41.3 Å². The molecule has 8 nitrogen and oxygen atoms in total. The van der Waals surface area contributed by atoms with Crippen molar-refractivity contribution in [1.82, 2.24) is 0 Å². The highest BCUT2D eigenvalue weighted by Gasteiger charge is 2.34. The van der Waals surface area contributed by atoms with Gasteiger partial charge >= 0.3 is 5.97 Å². The zero-order valence-corrected chi connectivity index (χ0v) is 18.4. The van der Waals surface area contributed by atoms with Crippen LogP contribution < -0.4 is 19.1 Å². The number of nitrogens with one attached hydrogen (secondary N) is 1. The summed E-state index contributed by atoms with van der Waals surface area (Å²) < 4.78 is 21.1. The van der Waals surface area contributed by atoms with E-state index >= 15 is 0 Å². The maximum absolute atomic E-state index is 13.0. The van der Waals surface area contributed by atoms with E-state index in [1.54, 1.807) is 49.4 Å². The SMILES string of the molecule is CCOC(=O)c1ccc(N2C(=N)SC(=Cc3ccc(OC)c(OC)c3OC)C2=O)cc1. The minimum atomic E-state index is -0.438. The average Bonchev–Trinajstić information content (AvgIpc) is 3.06.